The fraction of sp³-hybridized carbons (Fsp3) is 0.684. The molecule has 2 N–H and O–H groups in total. The Morgan fingerprint density at radius 1 is 1.28 bits per heavy atom. The van der Waals surface area contributed by atoms with E-state index in [-0.39, 0.29) is 24.4 Å². The molecule has 9 nitrogen and oxygen atoms in total. The summed E-state index contributed by atoms with van der Waals surface area (Å²) in [5.74, 6) is 1.08. The first-order chi connectivity index (χ1) is 13.4. The first-order valence-electron chi connectivity index (χ1n) is 9.99. The normalized spacial score (nSPS) is 21.7. The van der Waals surface area contributed by atoms with E-state index < -0.39 is 5.54 Å². The standard InChI is InChI=1S/C19H29N7O2.ClH/c1-12-15(13(2)26(4)23-12)17(27)22-19(7-5-6-8-19)18-21-16(24-28-18)14-11-20-9-10-25(14)3;/h14,20H,5-11H2,1-4H3,(H,22,27);1H. The summed E-state index contributed by atoms with van der Waals surface area (Å²) in [5.41, 5.74) is 1.61. The topological polar surface area (TPSA) is 101 Å². The van der Waals surface area contributed by atoms with Crippen LogP contribution < -0.4 is 10.6 Å². The predicted octanol–water partition coefficient (Wildman–Crippen LogP) is 1.62. The molecule has 3 heterocycles. The van der Waals surface area contributed by atoms with Crippen LogP contribution in [-0.2, 0) is 12.6 Å². The molecular weight excluding hydrogens is 394 g/mol. The minimum Gasteiger partial charge on any atom is -0.337 e. The maximum atomic E-state index is 13.1. The molecular formula is C19H30ClN7O2. The number of amides is 1. The predicted molar refractivity (Wildman–Crippen MR) is 110 cm³/mol. The van der Waals surface area contributed by atoms with Gasteiger partial charge in [-0.1, -0.05) is 18.0 Å². The van der Waals surface area contributed by atoms with Crippen molar-refractivity contribution in [3.63, 3.8) is 0 Å². The van der Waals surface area contributed by atoms with Crippen molar-refractivity contribution in [3.8, 4) is 0 Å². The molecule has 0 spiro atoms. The lowest BCUT2D eigenvalue weighted by Crippen LogP contribution is -2.45. The van der Waals surface area contributed by atoms with E-state index in [4.69, 9.17) is 9.51 Å². The minimum atomic E-state index is -0.599. The zero-order valence-corrected chi connectivity index (χ0v) is 18.3. The number of nitrogens with zero attached hydrogens (tertiary/aromatic N) is 5. The lowest BCUT2D eigenvalue weighted by Gasteiger charge is -2.30. The quantitative estimate of drug-likeness (QED) is 0.770. The van der Waals surface area contributed by atoms with Gasteiger partial charge < -0.3 is 15.2 Å². The van der Waals surface area contributed by atoms with E-state index in [9.17, 15) is 4.79 Å². The van der Waals surface area contributed by atoms with Gasteiger partial charge in [-0.2, -0.15) is 10.1 Å². The number of nitrogens with one attached hydrogen (secondary N) is 2. The SMILES string of the molecule is Cc1nn(C)c(C)c1C(=O)NC1(c2nc(C3CNCCN3C)no2)CCCC1.Cl. The van der Waals surface area contributed by atoms with Gasteiger partial charge in [-0.15, -0.1) is 12.4 Å². The summed E-state index contributed by atoms with van der Waals surface area (Å²) in [4.78, 5) is 20.1. The van der Waals surface area contributed by atoms with Crippen molar-refractivity contribution in [1.29, 1.82) is 0 Å². The van der Waals surface area contributed by atoms with E-state index in [1.54, 1.807) is 4.68 Å². The van der Waals surface area contributed by atoms with Crippen molar-refractivity contribution in [1.82, 2.24) is 35.5 Å². The van der Waals surface area contributed by atoms with Crippen molar-refractivity contribution in [2.24, 2.45) is 7.05 Å². The Hall–Kier alpha value is -1.97. The molecule has 1 saturated carbocycles. The van der Waals surface area contributed by atoms with Gasteiger partial charge in [0.25, 0.3) is 11.8 Å². The fourth-order valence-corrected chi connectivity index (χ4v) is 4.41. The number of carbonyl (C=O) groups is 1. The Kier molecular flexibility index (Phi) is 6.30. The third-order valence-corrected chi connectivity index (χ3v) is 6.21. The summed E-state index contributed by atoms with van der Waals surface area (Å²) >= 11 is 0. The molecule has 2 aromatic rings. The molecule has 0 aromatic carbocycles. The first-order valence-corrected chi connectivity index (χ1v) is 9.99. The molecule has 10 heteroatoms. The summed E-state index contributed by atoms with van der Waals surface area (Å²) < 4.78 is 7.44. The van der Waals surface area contributed by atoms with Crippen molar-refractivity contribution in [3.05, 3.63) is 28.7 Å². The van der Waals surface area contributed by atoms with Gasteiger partial charge in [-0.25, -0.2) is 0 Å². The Morgan fingerprint density at radius 2 is 2.00 bits per heavy atom. The Labute approximate surface area is 177 Å². The molecule has 4 rings (SSSR count). The van der Waals surface area contributed by atoms with E-state index in [2.05, 4.69) is 32.8 Å². The Morgan fingerprint density at radius 3 is 2.62 bits per heavy atom. The average molecular weight is 424 g/mol. The van der Waals surface area contributed by atoms with Crippen LogP contribution >= 0.6 is 12.4 Å². The lowest BCUT2D eigenvalue weighted by molar-refractivity contribution is 0.0873. The van der Waals surface area contributed by atoms with Crippen LogP contribution in [0.1, 0.15) is 65.2 Å². The highest BCUT2D eigenvalue weighted by Crippen LogP contribution is 2.39. The Bertz CT molecular complexity index is 872. The van der Waals surface area contributed by atoms with Crippen molar-refractivity contribution in [2.45, 2.75) is 51.1 Å². The molecule has 1 saturated heterocycles. The van der Waals surface area contributed by atoms with E-state index in [1.165, 1.54) is 0 Å². The highest BCUT2D eigenvalue weighted by atomic mass is 35.5. The molecule has 0 bridgehead atoms. The largest absolute Gasteiger partial charge is 0.337 e. The lowest BCUT2D eigenvalue weighted by atomic mass is 9.96. The van der Waals surface area contributed by atoms with Gasteiger partial charge in [0.15, 0.2) is 5.82 Å². The molecule has 0 radical (unpaired) electrons. The van der Waals surface area contributed by atoms with Crippen LogP contribution in [0.4, 0.5) is 0 Å². The second kappa shape index (κ2) is 8.41. The van der Waals surface area contributed by atoms with Gasteiger partial charge in [-0.3, -0.25) is 14.4 Å². The number of hydrogen-bond donors (Lipinski definition) is 2. The van der Waals surface area contributed by atoms with Gasteiger partial charge in [0.2, 0.25) is 0 Å². The third-order valence-electron chi connectivity index (χ3n) is 6.21. The number of hydrogen-bond acceptors (Lipinski definition) is 7. The maximum Gasteiger partial charge on any atom is 0.255 e. The Balaban J connectivity index is 0.00000240. The van der Waals surface area contributed by atoms with Crippen molar-refractivity contribution < 1.29 is 9.32 Å². The summed E-state index contributed by atoms with van der Waals surface area (Å²) in [6.45, 7) is 6.47. The van der Waals surface area contributed by atoms with Crippen LogP contribution in [0.15, 0.2) is 4.52 Å². The average Bonchev–Trinajstić information content (AvgIpc) is 3.37. The maximum absolute atomic E-state index is 13.1. The van der Waals surface area contributed by atoms with Crippen LogP contribution in [0.2, 0.25) is 0 Å². The summed E-state index contributed by atoms with van der Waals surface area (Å²) in [6, 6.07) is 0.0863. The van der Waals surface area contributed by atoms with E-state index in [1.807, 2.05) is 20.9 Å². The summed E-state index contributed by atoms with van der Waals surface area (Å²) in [6.07, 6.45) is 3.65. The number of aromatic nitrogens is 4. The second-order valence-electron chi connectivity index (χ2n) is 8.07. The van der Waals surface area contributed by atoms with Crippen molar-refractivity contribution >= 4 is 18.3 Å². The molecule has 1 aliphatic carbocycles. The van der Waals surface area contributed by atoms with Crippen LogP contribution in [0.3, 0.4) is 0 Å². The molecule has 1 aliphatic heterocycles. The molecule has 1 amide bonds. The van der Waals surface area contributed by atoms with E-state index in [0.29, 0.717) is 17.3 Å². The molecule has 1 atom stereocenters. The van der Waals surface area contributed by atoms with Gasteiger partial charge in [0, 0.05) is 32.4 Å². The number of carbonyl (C=O) groups excluding carboxylic acids is 1. The fourth-order valence-electron chi connectivity index (χ4n) is 4.41. The second-order valence-corrected chi connectivity index (χ2v) is 8.07. The zero-order chi connectivity index (χ0) is 19.9. The zero-order valence-electron chi connectivity index (χ0n) is 17.5. The van der Waals surface area contributed by atoms with Crippen LogP contribution in [0, 0.1) is 13.8 Å². The molecule has 29 heavy (non-hydrogen) atoms. The molecule has 2 aromatic heterocycles. The molecule has 160 valence electrons. The number of halogens is 1. The third kappa shape index (κ3) is 3.91. The van der Waals surface area contributed by atoms with E-state index in [0.717, 1.165) is 56.7 Å². The van der Waals surface area contributed by atoms with Crippen LogP contribution in [0.5, 0.6) is 0 Å². The van der Waals surface area contributed by atoms with Gasteiger partial charge in [0.1, 0.15) is 5.54 Å². The van der Waals surface area contributed by atoms with Crippen LogP contribution in [0.25, 0.3) is 0 Å². The minimum absolute atomic E-state index is 0. The number of piperazine rings is 1. The monoisotopic (exact) mass is 423 g/mol. The molecule has 1 unspecified atom stereocenters. The highest BCUT2D eigenvalue weighted by molar-refractivity contribution is 5.96. The summed E-state index contributed by atoms with van der Waals surface area (Å²) in [5, 5.41) is 15.2. The number of aryl methyl sites for hydroxylation is 2. The van der Waals surface area contributed by atoms with Crippen molar-refractivity contribution in [2.75, 3.05) is 26.7 Å². The first kappa shape index (κ1) is 21.7. The van der Waals surface area contributed by atoms with E-state index >= 15 is 0 Å². The molecule has 2 fully saturated rings. The van der Waals surface area contributed by atoms with Crippen LogP contribution in [-0.4, -0.2) is 57.4 Å². The van der Waals surface area contributed by atoms with Gasteiger partial charge >= 0.3 is 0 Å². The van der Waals surface area contributed by atoms with Gasteiger partial charge in [-0.05, 0) is 33.7 Å². The smallest absolute Gasteiger partial charge is 0.255 e. The number of likely N-dealkylation sites (N-methyl/N-ethyl adjacent to an activating group) is 1. The summed E-state index contributed by atoms with van der Waals surface area (Å²) in [7, 11) is 3.92. The highest BCUT2D eigenvalue weighted by Gasteiger charge is 2.43. The number of rotatable bonds is 4. The van der Waals surface area contributed by atoms with Gasteiger partial charge in [0.05, 0.1) is 17.3 Å². The molecule has 2 aliphatic rings.